The van der Waals surface area contributed by atoms with Gasteiger partial charge in [0.2, 0.25) is 0 Å². The first kappa shape index (κ1) is 26.7. The summed E-state index contributed by atoms with van der Waals surface area (Å²) in [5.74, 6) is -0.263. The maximum atomic E-state index is 13.9. The molecule has 39 heavy (non-hydrogen) atoms. The van der Waals surface area contributed by atoms with Crippen molar-refractivity contribution in [2.45, 2.75) is 50.3 Å². The summed E-state index contributed by atoms with van der Waals surface area (Å²) in [6.07, 6.45) is 10.6. The van der Waals surface area contributed by atoms with Crippen molar-refractivity contribution in [3.05, 3.63) is 92.8 Å². The molecule has 5 aliphatic rings. The monoisotopic (exact) mass is 569 g/mol. The van der Waals surface area contributed by atoms with Gasteiger partial charge in [0.15, 0.2) is 0 Å². The van der Waals surface area contributed by atoms with Crippen LogP contribution in [0.15, 0.2) is 86.5 Å². The zero-order valence-corrected chi connectivity index (χ0v) is 23.2. The molecule has 1 saturated heterocycles. The van der Waals surface area contributed by atoms with E-state index in [-0.39, 0.29) is 22.9 Å². The first-order valence-electron chi connectivity index (χ1n) is 13.8. The van der Waals surface area contributed by atoms with Crippen molar-refractivity contribution in [3.63, 3.8) is 0 Å². The molecule has 6 rings (SSSR count). The largest absolute Gasteiger partial charge is 0.311 e. The summed E-state index contributed by atoms with van der Waals surface area (Å²) in [6, 6.07) is 5.76. The van der Waals surface area contributed by atoms with Crippen molar-refractivity contribution in [3.8, 4) is 0 Å². The zero-order chi connectivity index (χ0) is 27.1. The summed E-state index contributed by atoms with van der Waals surface area (Å²) in [6.45, 7) is 3.23. The van der Waals surface area contributed by atoms with Crippen LogP contribution in [0.2, 0.25) is 0 Å². The number of nitrogens with zero attached hydrogens (tertiary/aromatic N) is 3. The molecule has 3 aliphatic heterocycles. The second-order valence-electron chi connectivity index (χ2n) is 10.8. The van der Waals surface area contributed by atoms with Gasteiger partial charge in [0.1, 0.15) is 11.6 Å². The molecular formula is C31H31Cl2F2N3O. The van der Waals surface area contributed by atoms with Gasteiger partial charge in [-0.15, -0.1) is 11.6 Å². The van der Waals surface area contributed by atoms with Crippen LogP contribution in [-0.4, -0.2) is 53.0 Å². The van der Waals surface area contributed by atoms with E-state index < -0.39 is 0 Å². The highest BCUT2D eigenvalue weighted by Gasteiger charge is 2.34. The molecule has 0 N–H and O–H groups in total. The van der Waals surface area contributed by atoms with Crippen molar-refractivity contribution in [1.82, 2.24) is 9.80 Å². The molecule has 0 aromatic heterocycles. The number of aliphatic imine (C=N–C) groups is 1. The van der Waals surface area contributed by atoms with E-state index in [2.05, 4.69) is 9.89 Å². The standard InChI is InChI=1S/C31H31Cl2F2N3O/c32-27-7-6-23-24(30(27)33)11-16-38(31(39)20-1-3-21(34)4-2-20)29(23)12-15-37-13-9-19(10-14-37)26-18-36-28-8-5-22(35)17-25(26)28/h1-5,17-19,27H,6-16H2. The summed E-state index contributed by atoms with van der Waals surface area (Å²) in [5.41, 5.74) is 6.85. The lowest BCUT2D eigenvalue weighted by Crippen LogP contribution is -2.40. The number of allylic oxidation sites excluding steroid dienone is 7. The third-order valence-corrected chi connectivity index (χ3v) is 9.66. The second kappa shape index (κ2) is 11.1. The van der Waals surface area contributed by atoms with E-state index in [1.807, 2.05) is 11.1 Å². The molecule has 3 heterocycles. The van der Waals surface area contributed by atoms with Crippen LogP contribution >= 0.6 is 23.2 Å². The van der Waals surface area contributed by atoms with Gasteiger partial charge in [-0.1, -0.05) is 11.6 Å². The Morgan fingerprint density at radius 1 is 1.03 bits per heavy atom. The van der Waals surface area contributed by atoms with Crippen molar-refractivity contribution in [2.75, 3.05) is 26.2 Å². The van der Waals surface area contributed by atoms with Gasteiger partial charge in [-0.05, 0) is 104 Å². The van der Waals surface area contributed by atoms with Gasteiger partial charge in [0.25, 0.3) is 5.91 Å². The Balaban J connectivity index is 1.16. The smallest absolute Gasteiger partial charge is 0.258 e. The van der Waals surface area contributed by atoms with Crippen LogP contribution in [0.5, 0.6) is 0 Å². The number of alkyl halides is 1. The van der Waals surface area contributed by atoms with Gasteiger partial charge in [0, 0.05) is 54.0 Å². The van der Waals surface area contributed by atoms with Crippen LogP contribution in [0, 0.1) is 11.7 Å². The van der Waals surface area contributed by atoms with Crippen LogP contribution in [0.1, 0.15) is 55.3 Å². The van der Waals surface area contributed by atoms with E-state index in [0.29, 0.717) is 35.9 Å². The zero-order valence-electron chi connectivity index (χ0n) is 21.7. The molecule has 0 bridgehead atoms. The fourth-order valence-corrected chi connectivity index (χ4v) is 7.04. The SMILES string of the molecule is O=C(c1ccc(F)cc1)N1CCC2=C(Cl)C(Cl)CCC2=C1CCN1CCC(C2=CN=C3CC=C(F)C=C23)CC1. The average molecular weight is 571 g/mol. The number of fused-ring (bicyclic) bond motifs is 2. The van der Waals surface area contributed by atoms with Gasteiger partial charge in [-0.3, -0.25) is 9.79 Å². The predicted molar refractivity (Wildman–Crippen MR) is 152 cm³/mol. The number of piperidine rings is 1. The minimum absolute atomic E-state index is 0.106. The third-order valence-electron chi connectivity index (χ3n) is 8.62. The number of rotatable bonds is 5. The van der Waals surface area contributed by atoms with E-state index in [9.17, 15) is 13.6 Å². The van der Waals surface area contributed by atoms with E-state index in [0.717, 1.165) is 79.9 Å². The van der Waals surface area contributed by atoms with Gasteiger partial charge in [-0.25, -0.2) is 8.78 Å². The van der Waals surface area contributed by atoms with Crippen LogP contribution in [-0.2, 0) is 0 Å². The van der Waals surface area contributed by atoms with Gasteiger partial charge >= 0.3 is 0 Å². The number of amides is 1. The average Bonchev–Trinajstić information content (AvgIpc) is 3.37. The Hall–Kier alpha value is -2.54. The Labute approximate surface area is 238 Å². The molecule has 1 amide bonds. The molecular weight excluding hydrogens is 539 g/mol. The highest BCUT2D eigenvalue weighted by Crippen LogP contribution is 2.43. The van der Waals surface area contributed by atoms with E-state index in [1.54, 1.807) is 24.3 Å². The highest BCUT2D eigenvalue weighted by atomic mass is 35.5. The molecule has 1 atom stereocenters. The molecule has 1 aromatic carbocycles. The van der Waals surface area contributed by atoms with Gasteiger partial charge in [-0.2, -0.15) is 0 Å². The first-order chi connectivity index (χ1) is 18.9. The molecule has 0 spiro atoms. The Kier molecular flexibility index (Phi) is 7.62. The Morgan fingerprint density at radius 3 is 2.56 bits per heavy atom. The summed E-state index contributed by atoms with van der Waals surface area (Å²) >= 11 is 13.1. The summed E-state index contributed by atoms with van der Waals surface area (Å²) in [7, 11) is 0. The number of hydrogen-bond donors (Lipinski definition) is 0. The predicted octanol–water partition coefficient (Wildman–Crippen LogP) is 7.44. The summed E-state index contributed by atoms with van der Waals surface area (Å²) in [5, 5.41) is 0.530. The quantitative estimate of drug-likeness (QED) is 0.345. The van der Waals surface area contributed by atoms with Crippen molar-refractivity contribution >= 4 is 34.8 Å². The van der Waals surface area contributed by atoms with E-state index in [4.69, 9.17) is 23.2 Å². The fourth-order valence-electron chi connectivity index (χ4n) is 6.48. The lowest BCUT2D eigenvalue weighted by atomic mass is 9.83. The van der Waals surface area contributed by atoms with Crippen molar-refractivity contribution in [2.24, 2.45) is 10.9 Å². The van der Waals surface area contributed by atoms with Crippen molar-refractivity contribution < 1.29 is 13.6 Å². The molecule has 1 aromatic rings. The normalized spacial score (nSPS) is 24.2. The minimum Gasteiger partial charge on any atom is -0.311 e. The lowest BCUT2D eigenvalue weighted by molar-refractivity contribution is 0.0789. The number of benzene rings is 1. The Morgan fingerprint density at radius 2 is 1.79 bits per heavy atom. The number of likely N-dealkylation sites (tertiary alicyclic amines) is 1. The van der Waals surface area contributed by atoms with Crippen LogP contribution < -0.4 is 0 Å². The molecule has 1 fully saturated rings. The topological polar surface area (TPSA) is 35.9 Å². The maximum Gasteiger partial charge on any atom is 0.258 e. The highest BCUT2D eigenvalue weighted by molar-refractivity contribution is 6.38. The maximum absolute atomic E-state index is 13.9. The number of carbonyl (C=O) groups excluding carboxylic acids is 1. The molecule has 1 unspecified atom stereocenters. The first-order valence-corrected chi connectivity index (χ1v) is 14.6. The molecule has 2 aliphatic carbocycles. The number of carbonyl (C=O) groups is 1. The molecule has 0 radical (unpaired) electrons. The van der Waals surface area contributed by atoms with Crippen LogP contribution in [0.25, 0.3) is 0 Å². The van der Waals surface area contributed by atoms with E-state index in [1.165, 1.54) is 17.7 Å². The second-order valence-corrected chi connectivity index (χ2v) is 11.8. The third kappa shape index (κ3) is 5.31. The van der Waals surface area contributed by atoms with Gasteiger partial charge in [0.05, 0.1) is 11.1 Å². The lowest BCUT2D eigenvalue weighted by Gasteiger charge is -2.39. The van der Waals surface area contributed by atoms with E-state index >= 15 is 0 Å². The number of halogens is 4. The number of hydrogen-bond acceptors (Lipinski definition) is 3. The molecule has 204 valence electrons. The molecule has 0 saturated carbocycles. The fraction of sp³-hybridized carbons (Fsp3) is 0.419. The summed E-state index contributed by atoms with van der Waals surface area (Å²) < 4.78 is 27.4. The molecule has 4 nitrogen and oxygen atoms in total. The Bertz CT molecular complexity index is 1360. The van der Waals surface area contributed by atoms with Crippen LogP contribution in [0.4, 0.5) is 8.78 Å². The van der Waals surface area contributed by atoms with Crippen LogP contribution in [0.3, 0.4) is 0 Å². The van der Waals surface area contributed by atoms with Gasteiger partial charge < -0.3 is 9.80 Å². The minimum atomic E-state index is -0.359. The van der Waals surface area contributed by atoms with Crippen molar-refractivity contribution in [1.29, 1.82) is 0 Å². The summed E-state index contributed by atoms with van der Waals surface area (Å²) in [4.78, 5) is 22.4. The molecule has 8 heteroatoms.